The zero-order chi connectivity index (χ0) is 7.59. The highest BCUT2D eigenvalue weighted by Gasteiger charge is 2.62. The third kappa shape index (κ3) is 0.527. The van der Waals surface area contributed by atoms with Gasteiger partial charge in [0.2, 0.25) is 0 Å². The fraction of sp³-hybridized carbons (Fsp3) is 0.889. The van der Waals surface area contributed by atoms with E-state index in [0.29, 0.717) is 17.8 Å². The van der Waals surface area contributed by atoms with Gasteiger partial charge >= 0.3 is 0 Å². The van der Waals surface area contributed by atoms with Crippen LogP contribution in [0.4, 0.5) is 0 Å². The van der Waals surface area contributed by atoms with Crippen molar-refractivity contribution in [2.75, 3.05) is 0 Å². The summed E-state index contributed by atoms with van der Waals surface area (Å²) >= 11 is 0. The van der Waals surface area contributed by atoms with Crippen LogP contribution in [0.1, 0.15) is 19.3 Å². The molecule has 2 bridgehead atoms. The average molecular weight is 152 g/mol. The van der Waals surface area contributed by atoms with Crippen molar-refractivity contribution < 1.29 is 9.90 Å². The molecule has 5 atom stereocenters. The van der Waals surface area contributed by atoms with Crippen molar-refractivity contribution >= 4 is 5.78 Å². The number of fused-ring (bicyclic) bond motifs is 5. The maximum absolute atomic E-state index is 11.2. The Hall–Kier alpha value is -0.370. The summed E-state index contributed by atoms with van der Waals surface area (Å²) in [6, 6.07) is 0. The Bertz CT molecular complexity index is 224. The van der Waals surface area contributed by atoms with Crippen LogP contribution in [0.2, 0.25) is 0 Å². The van der Waals surface area contributed by atoms with Gasteiger partial charge in [-0.1, -0.05) is 0 Å². The SMILES string of the molecule is O=C1C(O)C2C3CCC(C3)C12. The minimum absolute atomic E-state index is 0.141. The molecule has 11 heavy (non-hydrogen) atoms. The first-order chi connectivity index (χ1) is 5.29. The molecule has 2 nitrogen and oxygen atoms in total. The zero-order valence-electron chi connectivity index (χ0n) is 6.36. The van der Waals surface area contributed by atoms with Gasteiger partial charge in [0.1, 0.15) is 6.10 Å². The van der Waals surface area contributed by atoms with Gasteiger partial charge in [0.25, 0.3) is 0 Å². The van der Waals surface area contributed by atoms with Gasteiger partial charge in [0, 0.05) is 11.8 Å². The molecule has 60 valence electrons. The number of ketones is 1. The summed E-state index contributed by atoms with van der Waals surface area (Å²) in [5.41, 5.74) is 0. The number of hydrogen-bond donors (Lipinski definition) is 1. The molecule has 3 aliphatic rings. The molecule has 3 fully saturated rings. The van der Waals surface area contributed by atoms with Gasteiger partial charge in [0.15, 0.2) is 5.78 Å². The summed E-state index contributed by atoms with van der Waals surface area (Å²) in [5.74, 6) is 2.14. The van der Waals surface area contributed by atoms with Crippen molar-refractivity contribution in [1.82, 2.24) is 0 Å². The van der Waals surface area contributed by atoms with Gasteiger partial charge in [-0.15, -0.1) is 0 Å². The molecule has 2 heteroatoms. The Morgan fingerprint density at radius 2 is 2.00 bits per heavy atom. The highest BCUT2D eigenvalue weighted by atomic mass is 16.3. The number of carbonyl (C=O) groups excluding carboxylic acids is 1. The molecule has 3 saturated carbocycles. The molecule has 0 aromatic rings. The second kappa shape index (κ2) is 1.69. The summed E-state index contributed by atoms with van der Waals surface area (Å²) in [6.07, 6.45) is 3.15. The molecular weight excluding hydrogens is 140 g/mol. The van der Waals surface area contributed by atoms with Crippen LogP contribution in [0.5, 0.6) is 0 Å². The van der Waals surface area contributed by atoms with Crippen LogP contribution in [0.3, 0.4) is 0 Å². The maximum Gasteiger partial charge on any atom is 0.165 e. The maximum atomic E-state index is 11.2. The topological polar surface area (TPSA) is 37.3 Å². The number of hydrogen-bond acceptors (Lipinski definition) is 2. The Morgan fingerprint density at radius 3 is 2.73 bits per heavy atom. The highest BCUT2D eigenvalue weighted by Crippen LogP contribution is 2.59. The third-order valence-electron chi connectivity index (χ3n) is 3.97. The Morgan fingerprint density at radius 1 is 1.27 bits per heavy atom. The van der Waals surface area contributed by atoms with Crippen LogP contribution in [-0.4, -0.2) is 17.0 Å². The second-order valence-electron chi connectivity index (χ2n) is 4.28. The number of Topliss-reactive ketones (excluding diaryl/α,β-unsaturated/α-hetero) is 1. The van der Waals surface area contributed by atoms with E-state index in [4.69, 9.17) is 0 Å². The van der Waals surface area contributed by atoms with E-state index in [1.165, 1.54) is 19.3 Å². The Labute approximate surface area is 65.6 Å². The van der Waals surface area contributed by atoms with Crippen LogP contribution < -0.4 is 0 Å². The lowest BCUT2D eigenvalue weighted by Gasteiger charge is -2.42. The molecule has 0 radical (unpaired) electrons. The summed E-state index contributed by atoms with van der Waals surface area (Å²) in [5, 5.41) is 9.36. The van der Waals surface area contributed by atoms with Crippen molar-refractivity contribution in [2.24, 2.45) is 23.7 Å². The fourth-order valence-corrected chi connectivity index (χ4v) is 3.48. The molecule has 3 aliphatic carbocycles. The van der Waals surface area contributed by atoms with E-state index in [1.54, 1.807) is 0 Å². The molecule has 0 spiro atoms. The van der Waals surface area contributed by atoms with Crippen LogP contribution in [-0.2, 0) is 4.79 Å². The quantitative estimate of drug-likeness (QED) is 0.551. The van der Waals surface area contributed by atoms with Crippen molar-refractivity contribution in [3.8, 4) is 0 Å². The van der Waals surface area contributed by atoms with Crippen LogP contribution >= 0.6 is 0 Å². The Kier molecular flexibility index (Phi) is 0.947. The predicted molar refractivity (Wildman–Crippen MR) is 38.8 cm³/mol. The first-order valence-electron chi connectivity index (χ1n) is 4.51. The lowest BCUT2D eigenvalue weighted by molar-refractivity contribution is -0.157. The standard InChI is InChI=1S/C9H12O2/c10-8-6-4-1-2-5(3-4)7(6)9(8)11/h4-8,10H,1-3H2. The van der Waals surface area contributed by atoms with E-state index in [0.717, 1.165) is 0 Å². The van der Waals surface area contributed by atoms with Gasteiger partial charge in [0.05, 0.1) is 0 Å². The molecular formula is C9H12O2. The van der Waals surface area contributed by atoms with E-state index >= 15 is 0 Å². The van der Waals surface area contributed by atoms with Crippen molar-refractivity contribution in [2.45, 2.75) is 25.4 Å². The molecule has 0 aromatic carbocycles. The molecule has 3 rings (SSSR count). The Balaban J connectivity index is 1.95. The highest BCUT2D eigenvalue weighted by molar-refractivity contribution is 5.93. The first kappa shape index (κ1) is 6.18. The summed E-state index contributed by atoms with van der Waals surface area (Å²) in [4.78, 5) is 11.2. The summed E-state index contributed by atoms with van der Waals surface area (Å²) in [6.45, 7) is 0. The molecule has 0 saturated heterocycles. The number of aliphatic hydroxyl groups is 1. The van der Waals surface area contributed by atoms with Crippen molar-refractivity contribution in [3.63, 3.8) is 0 Å². The first-order valence-corrected chi connectivity index (χ1v) is 4.51. The molecule has 0 heterocycles. The third-order valence-corrected chi connectivity index (χ3v) is 3.97. The van der Waals surface area contributed by atoms with Gasteiger partial charge in [-0.05, 0) is 31.1 Å². The molecule has 0 aromatic heterocycles. The van der Waals surface area contributed by atoms with E-state index < -0.39 is 6.10 Å². The largest absolute Gasteiger partial charge is 0.385 e. The molecule has 0 amide bonds. The van der Waals surface area contributed by atoms with Gasteiger partial charge < -0.3 is 5.11 Å². The van der Waals surface area contributed by atoms with E-state index in [-0.39, 0.29) is 11.7 Å². The number of aliphatic hydroxyl groups excluding tert-OH is 1. The van der Waals surface area contributed by atoms with E-state index in [2.05, 4.69) is 0 Å². The predicted octanol–water partition coefficient (Wildman–Crippen LogP) is 0.592. The van der Waals surface area contributed by atoms with E-state index in [9.17, 15) is 9.90 Å². The molecule has 1 N–H and O–H groups in total. The zero-order valence-corrected chi connectivity index (χ0v) is 6.36. The van der Waals surface area contributed by atoms with Crippen molar-refractivity contribution in [3.05, 3.63) is 0 Å². The van der Waals surface area contributed by atoms with Gasteiger partial charge in [-0.3, -0.25) is 4.79 Å². The van der Waals surface area contributed by atoms with Crippen LogP contribution in [0, 0.1) is 23.7 Å². The monoisotopic (exact) mass is 152 g/mol. The smallest absolute Gasteiger partial charge is 0.165 e. The van der Waals surface area contributed by atoms with Crippen LogP contribution in [0.25, 0.3) is 0 Å². The lowest BCUT2D eigenvalue weighted by atomic mass is 9.62. The van der Waals surface area contributed by atoms with Gasteiger partial charge in [-0.2, -0.15) is 0 Å². The fourth-order valence-electron chi connectivity index (χ4n) is 3.48. The lowest BCUT2D eigenvalue weighted by Crippen LogP contribution is -2.54. The normalized spacial score (nSPS) is 59.4. The summed E-state index contributed by atoms with van der Waals surface area (Å²) in [7, 11) is 0. The average Bonchev–Trinajstić information content (AvgIpc) is 2.58. The minimum Gasteiger partial charge on any atom is -0.385 e. The summed E-state index contributed by atoms with van der Waals surface area (Å²) < 4.78 is 0. The molecule has 0 aliphatic heterocycles. The van der Waals surface area contributed by atoms with Crippen LogP contribution in [0.15, 0.2) is 0 Å². The number of rotatable bonds is 0. The van der Waals surface area contributed by atoms with E-state index in [1.807, 2.05) is 0 Å². The van der Waals surface area contributed by atoms with Crippen molar-refractivity contribution in [1.29, 1.82) is 0 Å². The van der Waals surface area contributed by atoms with Gasteiger partial charge in [-0.25, -0.2) is 0 Å². The molecule has 5 unspecified atom stereocenters. The minimum atomic E-state index is -0.574. The number of carbonyl (C=O) groups is 1. The second-order valence-corrected chi connectivity index (χ2v) is 4.28.